The molecule has 1 aliphatic heterocycles. The molecule has 1 fully saturated rings. The second-order valence-electron chi connectivity index (χ2n) is 5.50. The summed E-state index contributed by atoms with van der Waals surface area (Å²) in [6, 6.07) is 0.690. The first kappa shape index (κ1) is 16.4. The molecule has 1 rings (SSSR count). The van der Waals surface area contributed by atoms with Gasteiger partial charge in [0.2, 0.25) is 0 Å². The molecule has 0 amide bonds. The molecule has 1 atom stereocenters. The van der Waals surface area contributed by atoms with Gasteiger partial charge in [-0.05, 0) is 52.7 Å². The number of esters is 1. The van der Waals surface area contributed by atoms with Crippen LogP contribution in [-0.4, -0.2) is 61.6 Å². The van der Waals surface area contributed by atoms with Gasteiger partial charge in [0.15, 0.2) is 0 Å². The van der Waals surface area contributed by atoms with Gasteiger partial charge in [0.1, 0.15) is 0 Å². The van der Waals surface area contributed by atoms with E-state index < -0.39 is 0 Å². The average molecular weight is 270 g/mol. The molecule has 0 aromatic rings. The summed E-state index contributed by atoms with van der Waals surface area (Å²) in [6.45, 7) is 8.14. The fourth-order valence-corrected chi connectivity index (χ4v) is 2.82. The van der Waals surface area contributed by atoms with Crippen molar-refractivity contribution >= 4 is 5.97 Å². The average Bonchev–Trinajstić information content (AvgIpc) is 2.38. The predicted molar refractivity (Wildman–Crippen MR) is 78.3 cm³/mol. The number of nitrogens with zero attached hydrogens (tertiary/aromatic N) is 2. The Hall–Kier alpha value is -0.610. The van der Waals surface area contributed by atoms with E-state index in [2.05, 4.69) is 23.8 Å². The smallest absolute Gasteiger partial charge is 0.320 e. The van der Waals surface area contributed by atoms with Gasteiger partial charge < -0.3 is 9.64 Å². The number of likely N-dealkylation sites (tertiary alicyclic amines) is 1. The highest BCUT2D eigenvalue weighted by Gasteiger charge is 2.20. The van der Waals surface area contributed by atoms with E-state index in [1.807, 2.05) is 6.92 Å². The van der Waals surface area contributed by atoms with Gasteiger partial charge >= 0.3 is 5.97 Å². The first-order chi connectivity index (χ1) is 9.17. The first-order valence-electron chi connectivity index (χ1n) is 7.75. The van der Waals surface area contributed by atoms with Crippen molar-refractivity contribution in [2.24, 2.45) is 0 Å². The lowest BCUT2D eigenvalue weighted by Crippen LogP contribution is -2.40. The summed E-state index contributed by atoms with van der Waals surface area (Å²) in [7, 11) is 2.22. The van der Waals surface area contributed by atoms with Crippen LogP contribution in [-0.2, 0) is 9.53 Å². The van der Waals surface area contributed by atoms with Crippen molar-refractivity contribution in [3.8, 4) is 0 Å². The minimum atomic E-state index is -0.0899. The molecule has 1 aliphatic rings. The molecular formula is C15H30N2O2. The number of hydrogen-bond donors (Lipinski definition) is 0. The molecule has 1 unspecified atom stereocenters. The SMILES string of the molecule is CCCN(CCC1CCCCN1C)CC(=O)OCC. The van der Waals surface area contributed by atoms with Crippen molar-refractivity contribution in [1.29, 1.82) is 0 Å². The van der Waals surface area contributed by atoms with Crippen LogP contribution < -0.4 is 0 Å². The zero-order valence-corrected chi connectivity index (χ0v) is 12.9. The molecule has 0 saturated carbocycles. The van der Waals surface area contributed by atoms with Crippen LogP contribution in [0.1, 0.15) is 46.0 Å². The highest BCUT2D eigenvalue weighted by atomic mass is 16.5. The molecule has 4 nitrogen and oxygen atoms in total. The molecular weight excluding hydrogens is 240 g/mol. The molecule has 0 bridgehead atoms. The first-order valence-corrected chi connectivity index (χ1v) is 7.75. The van der Waals surface area contributed by atoms with E-state index in [1.54, 1.807) is 0 Å². The van der Waals surface area contributed by atoms with Crippen molar-refractivity contribution in [3.63, 3.8) is 0 Å². The van der Waals surface area contributed by atoms with Crippen LogP contribution >= 0.6 is 0 Å². The standard InChI is InChI=1S/C15H30N2O2/c1-4-10-17(13-15(18)19-5-2)12-9-14-8-6-7-11-16(14)3/h14H,4-13H2,1-3H3. The number of ether oxygens (including phenoxy) is 1. The van der Waals surface area contributed by atoms with Crippen LogP contribution in [0.3, 0.4) is 0 Å². The third-order valence-electron chi connectivity index (χ3n) is 3.90. The fraction of sp³-hybridized carbons (Fsp3) is 0.933. The van der Waals surface area contributed by atoms with Gasteiger partial charge in [-0.2, -0.15) is 0 Å². The van der Waals surface area contributed by atoms with Gasteiger partial charge in [-0.25, -0.2) is 0 Å². The van der Waals surface area contributed by atoms with Crippen molar-refractivity contribution in [1.82, 2.24) is 9.80 Å². The van der Waals surface area contributed by atoms with E-state index in [9.17, 15) is 4.79 Å². The molecule has 1 saturated heterocycles. The summed E-state index contributed by atoms with van der Waals surface area (Å²) in [5.74, 6) is -0.0899. The second-order valence-corrected chi connectivity index (χ2v) is 5.50. The number of hydrogen-bond acceptors (Lipinski definition) is 4. The van der Waals surface area contributed by atoms with Gasteiger partial charge in [0.05, 0.1) is 13.2 Å². The number of carbonyl (C=O) groups excluding carboxylic acids is 1. The van der Waals surface area contributed by atoms with Crippen LogP contribution in [0.15, 0.2) is 0 Å². The van der Waals surface area contributed by atoms with Gasteiger partial charge in [-0.1, -0.05) is 13.3 Å². The van der Waals surface area contributed by atoms with E-state index in [0.29, 0.717) is 19.2 Å². The summed E-state index contributed by atoms with van der Waals surface area (Å²) in [5.41, 5.74) is 0. The zero-order chi connectivity index (χ0) is 14.1. The molecule has 0 aromatic heterocycles. The predicted octanol–water partition coefficient (Wildman–Crippen LogP) is 2.14. The molecule has 1 heterocycles. The number of carbonyl (C=O) groups is 1. The summed E-state index contributed by atoms with van der Waals surface area (Å²) < 4.78 is 5.04. The Labute approximate surface area is 118 Å². The Morgan fingerprint density at radius 1 is 1.32 bits per heavy atom. The zero-order valence-electron chi connectivity index (χ0n) is 12.9. The lowest BCUT2D eigenvalue weighted by molar-refractivity contribution is -0.144. The maximum absolute atomic E-state index is 11.6. The van der Waals surface area contributed by atoms with Crippen LogP contribution in [0.25, 0.3) is 0 Å². The summed E-state index contributed by atoms with van der Waals surface area (Å²) in [4.78, 5) is 16.3. The fourth-order valence-electron chi connectivity index (χ4n) is 2.82. The van der Waals surface area contributed by atoms with Crippen molar-refractivity contribution in [2.45, 2.75) is 52.0 Å². The molecule has 0 aliphatic carbocycles. The lowest BCUT2D eigenvalue weighted by Gasteiger charge is -2.34. The molecule has 0 radical (unpaired) electrons. The van der Waals surface area contributed by atoms with Crippen molar-refractivity contribution < 1.29 is 9.53 Å². The summed E-state index contributed by atoms with van der Waals surface area (Å²) in [6.07, 6.45) is 6.22. The maximum Gasteiger partial charge on any atom is 0.320 e. The van der Waals surface area contributed by atoms with Gasteiger partial charge in [-0.3, -0.25) is 9.69 Å². The molecule has 0 N–H and O–H groups in total. The highest BCUT2D eigenvalue weighted by molar-refractivity contribution is 5.71. The third kappa shape index (κ3) is 6.39. The Balaban J connectivity index is 2.33. The molecule has 4 heteroatoms. The van der Waals surface area contributed by atoms with Crippen molar-refractivity contribution in [3.05, 3.63) is 0 Å². The van der Waals surface area contributed by atoms with E-state index in [4.69, 9.17) is 4.74 Å². The van der Waals surface area contributed by atoms with Gasteiger partial charge in [-0.15, -0.1) is 0 Å². The van der Waals surface area contributed by atoms with E-state index in [-0.39, 0.29) is 5.97 Å². The Kier molecular flexibility index (Phi) is 8.07. The van der Waals surface area contributed by atoms with Gasteiger partial charge in [0.25, 0.3) is 0 Å². The Morgan fingerprint density at radius 2 is 2.11 bits per heavy atom. The minimum absolute atomic E-state index is 0.0899. The normalized spacial score (nSPS) is 20.7. The summed E-state index contributed by atoms with van der Waals surface area (Å²) in [5, 5.41) is 0. The van der Waals surface area contributed by atoms with E-state index in [1.165, 1.54) is 25.8 Å². The highest BCUT2D eigenvalue weighted by Crippen LogP contribution is 2.18. The Morgan fingerprint density at radius 3 is 2.74 bits per heavy atom. The number of piperidine rings is 1. The van der Waals surface area contributed by atoms with Crippen LogP contribution in [0, 0.1) is 0 Å². The Bertz CT molecular complexity index is 259. The largest absolute Gasteiger partial charge is 0.465 e. The van der Waals surface area contributed by atoms with Crippen LogP contribution in [0.4, 0.5) is 0 Å². The van der Waals surface area contributed by atoms with Gasteiger partial charge in [0, 0.05) is 12.6 Å². The monoisotopic (exact) mass is 270 g/mol. The minimum Gasteiger partial charge on any atom is -0.465 e. The maximum atomic E-state index is 11.6. The quantitative estimate of drug-likeness (QED) is 0.633. The van der Waals surface area contributed by atoms with E-state index in [0.717, 1.165) is 25.9 Å². The molecule has 112 valence electrons. The van der Waals surface area contributed by atoms with Crippen LogP contribution in [0.2, 0.25) is 0 Å². The second kappa shape index (κ2) is 9.32. The van der Waals surface area contributed by atoms with Crippen molar-refractivity contribution in [2.75, 3.05) is 39.8 Å². The molecule has 0 spiro atoms. The summed E-state index contributed by atoms with van der Waals surface area (Å²) >= 11 is 0. The lowest BCUT2D eigenvalue weighted by atomic mass is 10.00. The number of rotatable bonds is 8. The molecule has 0 aromatic carbocycles. The topological polar surface area (TPSA) is 32.8 Å². The third-order valence-corrected chi connectivity index (χ3v) is 3.90. The van der Waals surface area contributed by atoms with Crippen LogP contribution in [0.5, 0.6) is 0 Å². The van der Waals surface area contributed by atoms with E-state index >= 15 is 0 Å². The molecule has 19 heavy (non-hydrogen) atoms.